The first kappa shape index (κ1) is 26.7. The Kier molecular flexibility index (Phi) is 7.99. The summed E-state index contributed by atoms with van der Waals surface area (Å²) in [6.45, 7) is -0.582. The van der Waals surface area contributed by atoms with Gasteiger partial charge in [0.05, 0.1) is 23.3 Å². The molecule has 38 heavy (non-hydrogen) atoms. The molecule has 3 aromatic carbocycles. The third-order valence-corrected chi connectivity index (χ3v) is 6.97. The number of benzene rings is 3. The van der Waals surface area contributed by atoms with Gasteiger partial charge < -0.3 is 14.8 Å². The Labute approximate surface area is 224 Å². The second kappa shape index (κ2) is 11.4. The molecule has 1 heterocycles. The van der Waals surface area contributed by atoms with Crippen LogP contribution in [-0.2, 0) is 26.6 Å². The Morgan fingerprint density at radius 2 is 1.71 bits per heavy atom. The van der Waals surface area contributed by atoms with Crippen molar-refractivity contribution in [2.24, 2.45) is 7.05 Å². The standard InChI is InChI=1S/C26H23ClN4O6S/c1-31-24(15-23(29-31)17-6-8-19(27)9-7-17)28-25(32)16-37-26(33)18-4-3-5-22(14-18)38(34,35)30-20-10-12-21(36-2)13-11-20/h3-15,30H,16H2,1-2H3,(H,28,32). The average Bonchev–Trinajstić information content (AvgIpc) is 3.27. The highest BCUT2D eigenvalue weighted by atomic mass is 35.5. The van der Waals surface area contributed by atoms with Gasteiger partial charge in [-0.3, -0.25) is 14.2 Å². The summed E-state index contributed by atoms with van der Waals surface area (Å²) in [6, 6.07) is 20.4. The summed E-state index contributed by atoms with van der Waals surface area (Å²) in [6.07, 6.45) is 0. The number of nitrogens with one attached hydrogen (secondary N) is 2. The van der Waals surface area contributed by atoms with Gasteiger partial charge in [0.2, 0.25) is 0 Å². The number of aromatic nitrogens is 2. The number of anilines is 2. The average molecular weight is 555 g/mol. The van der Waals surface area contributed by atoms with E-state index in [9.17, 15) is 18.0 Å². The van der Waals surface area contributed by atoms with E-state index in [1.807, 2.05) is 0 Å². The molecular formula is C26H23ClN4O6S. The van der Waals surface area contributed by atoms with Gasteiger partial charge in [0.15, 0.2) is 6.61 Å². The van der Waals surface area contributed by atoms with E-state index in [0.717, 1.165) is 5.56 Å². The fourth-order valence-corrected chi connectivity index (χ4v) is 4.63. The van der Waals surface area contributed by atoms with Gasteiger partial charge >= 0.3 is 5.97 Å². The maximum atomic E-state index is 12.8. The van der Waals surface area contributed by atoms with Crippen molar-refractivity contribution in [1.29, 1.82) is 0 Å². The predicted molar refractivity (Wildman–Crippen MR) is 143 cm³/mol. The van der Waals surface area contributed by atoms with E-state index in [2.05, 4.69) is 15.1 Å². The quantitative estimate of drug-likeness (QED) is 0.294. The molecule has 4 rings (SSSR count). The van der Waals surface area contributed by atoms with Crippen molar-refractivity contribution in [2.45, 2.75) is 4.90 Å². The summed E-state index contributed by atoms with van der Waals surface area (Å²) in [4.78, 5) is 24.8. The van der Waals surface area contributed by atoms with Crippen molar-refractivity contribution in [3.63, 3.8) is 0 Å². The largest absolute Gasteiger partial charge is 0.497 e. The van der Waals surface area contributed by atoms with Crippen LogP contribution in [0.4, 0.5) is 11.5 Å². The summed E-state index contributed by atoms with van der Waals surface area (Å²) < 4.78 is 39.6. The minimum atomic E-state index is -3.98. The molecule has 4 aromatic rings. The van der Waals surface area contributed by atoms with Crippen LogP contribution in [0, 0.1) is 0 Å². The molecule has 0 bridgehead atoms. The summed E-state index contributed by atoms with van der Waals surface area (Å²) in [5.41, 5.74) is 1.73. The zero-order chi connectivity index (χ0) is 27.3. The van der Waals surface area contributed by atoms with Crippen LogP contribution in [0.1, 0.15) is 10.4 Å². The molecule has 0 atom stereocenters. The van der Waals surface area contributed by atoms with E-state index in [4.69, 9.17) is 21.1 Å². The number of carbonyl (C=O) groups is 2. The molecule has 0 radical (unpaired) electrons. The lowest BCUT2D eigenvalue weighted by molar-refractivity contribution is -0.119. The van der Waals surface area contributed by atoms with Crippen LogP contribution in [-0.4, -0.2) is 43.8 Å². The van der Waals surface area contributed by atoms with E-state index in [-0.39, 0.29) is 10.5 Å². The van der Waals surface area contributed by atoms with Crippen molar-refractivity contribution in [1.82, 2.24) is 9.78 Å². The monoisotopic (exact) mass is 554 g/mol. The second-order valence-electron chi connectivity index (χ2n) is 8.03. The Morgan fingerprint density at radius 1 is 1.00 bits per heavy atom. The zero-order valence-corrected chi connectivity index (χ0v) is 21.9. The maximum absolute atomic E-state index is 12.8. The molecule has 0 unspecified atom stereocenters. The lowest BCUT2D eigenvalue weighted by atomic mass is 10.1. The molecule has 0 saturated carbocycles. The Morgan fingerprint density at radius 3 is 2.39 bits per heavy atom. The number of hydrogen-bond acceptors (Lipinski definition) is 7. The molecule has 0 aliphatic rings. The second-order valence-corrected chi connectivity index (χ2v) is 10.2. The number of ether oxygens (including phenoxy) is 2. The van der Waals surface area contributed by atoms with Crippen LogP contribution >= 0.6 is 11.6 Å². The minimum absolute atomic E-state index is 0.0269. The number of methoxy groups -OCH3 is 1. The summed E-state index contributed by atoms with van der Waals surface area (Å²) in [5, 5.41) is 7.59. The van der Waals surface area contributed by atoms with Crippen molar-refractivity contribution >= 4 is 45.0 Å². The minimum Gasteiger partial charge on any atom is -0.497 e. The molecule has 0 saturated heterocycles. The highest BCUT2D eigenvalue weighted by molar-refractivity contribution is 7.92. The van der Waals surface area contributed by atoms with Gasteiger partial charge in [-0.25, -0.2) is 13.2 Å². The molecule has 1 amide bonds. The number of rotatable bonds is 9. The van der Waals surface area contributed by atoms with Crippen molar-refractivity contribution in [3.05, 3.63) is 89.4 Å². The summed E-state index contributed by atoms with van der Waals surface area (Å²) in [7, 11) is -0.819. The highest BCUT2D eigenvalue weighted by Gasteiger charge is 2.18. The van der Waals surface area contributed by atoms with Crippen LogP contribution in [0.3, 0.4) is 0 Å². The third-order valence-electron chi connectivity index (χ3n) is 5.34. The number of aryl methyl sites for hydroxylation is 1. The molecule has 0 aliphatic carbocycles. The molecular weight excluding hydrogens is 532 g/mol. The molecule has 1 aromatic heterocycles. The van der Waals surface area contributed by atoms with Gasteiger partial charge in [-0.2, -0.15) is 5.10 Å². The van der Waals surface area contributed by atoms with E-state index < -0.39 is 28.5 Å². The number of sulfonamides is 1. The summed E-state index contributed by atoms with van der Waals surface area (Å²) in [5.74, 6) is -0.469. The molecule has 196 valence electrons. The molecule has 0 spiro atoms. The van der Waals surface area contributed by atoms with Gasteiger partial charge in [-0.05, 0) is 54.6 Å². The SMILES string of the molecule is COc1ccc(NS(=O)(=O)c2cccc(C(=O)OCC(=O)Nc3cc(-c4ccc(Cl)cc4)nn3C)c2)cc1. The van der Waals surface area contributed by atoms with Crippen LogP contribution in [0.15, 0.2) is 83.8 Å². The van der Waals surface area contributed by atoms with Crippen LogP contribution < -0.4 is 14.8 Å². The lowest BCUT2D eigenvalue weighted by Gasteiger charge is -2.10. The first-order valence-electron chi connectivity index (χ1n) is 11.2. The van der Waals surface area contributed by atoms with E-state index in [0.29, 0.717) is 28.0 Å². The Balaban J connectivity index is 1.37. The van der Waals surface area contributed by atoms with E-state index in [1.54, 1.807) is 61.6 Å². The molecule has 2 N–H and O–H groups in total. The smallest absolute Gasteiger partial charge is 0.338 e. The first-order valence-corrected chi connectivity index (χ1v) is 13.0. The van der Waals surface area contributed by atoms with Crippen molar-refractivity contribution in [3.8, 4) is 17.0 Å². The summed E-state index contributed by atoms with van der Waals surface area (Å²) >= 11 is 5.92. The van der Waals surface area contributed by atoms with Gasteiger partial charge in [0.25, 0.3) is 15.9 Å². The van der Waals surface area contributed by atoms with Crippen LogP contribution in [0.2, 0.25) is 5.02 Å². The number of halogens is 1. The van der Waals surface area contributed by atoms with E-state index >= 15 is 0 Å². The van der Waals surface area contributed by atoms with E-state index in [1.165, 1.54) is 36.1 Å². The van der Waals surface area contributed by atoms with Gasteiger partial charge in [0, 0.05) is 29.4 Å². The number of amides is 1. The van der Waals surface area contributed by atoms with Crippen LogP contribution in [0.25, 0.3) is 11.3 Å². The molecule has 10 nitrogen and oxygen atoms in total. The lowest BCUT2D eigenvalue weighted by Crippen LogP contribution is -2.22. The fraction of sp³-hybridized carbons (Fsp3) is 0.115. The topological polar surface area (TPSA) is 129 Å². The normalized spacial score (nSPS) is 11.0. The van der Waals surface area contributed by atoms with Crippen molar-refractivity contribution in [2.75, 3.05) is 23.8 Å². The predicted octanol–water partition coefficient (Wildman–Crippen LogP) is 4.35. The number of nitrogens with zero attached hydrogens (tertiary/aromatic N) is 2. The Hall–Kier alpha value is -4.35. The number of esters is 1. The molecule has 12 heteroatoms. The Bertz CT molecular complexity index is 1570. The fourth-order valence-electron chi connectivity index (χ4n) is 3.40. The van der Waals surface area contributed by atoms with Gasteiger partial charge in [-0.1, -0.05) is 29.8 Å². The first-order chi connectivity index (χ1) is 18.1. The van der Waals surface area contributed by atoms with Crippen LogP contribution in [0.5, 0.6) is 5.75 Å². The number of carbonyl (C=O) groups excluding carboxylic acids is 2. The van der Waals surface area contributed by atoms with Crippen molar-refractivity contribution < 1.29 is 27.5 Å². The molecule has 0 fully saturated rings. The van der Waals surface area contributed by atoms with Gasteiger partial charge in [-0.15, -0.1) is 0 Å². The van der Waals surface area contributed by atoms with Gasteiger partial charge in [0.1, 0.15) is 11.6 Å². The highest BCUT2D eigenvalue weighted by Crippen LogP contribution is 2.23. The maximum Gasteiger partial charge on any atom is 0.338 e. The number of hydrogen-bond donors (Lipinski definition) is 2. The zero-order valence-electron chi connectivity index (χ0n) is 20.3. The molecule has 0 aliphatic heterocycles. The third kappa shape index (κ3) is 6.50.